The molecule has 4 heterocycles. The minimum absolute atomic E-state index is 0.825. The van der Waals surface area contributed by atoms with Crippen molar-refractivity contribution in [1.82, 2.24) is 15.0 Å². The van der Waals surface area contributed by atoms with Gasteiger partial charge in [0.25, 0.3) is 0 Å². The van der Waals surface area contributed by atoms with Crippen LogP contribution >= 0.6 is 22.7 Å². The van der Waals surface area contributed by atoms with Gasteiger partial charge in [0, 0.05) is 53.0 Å². The van der Waals surface area contributed by atoms with E-state index in [1.54, 1.807) is 29.8 Å². The molecular weight excluding hydrogens is 585 g/mol. The van der Waals surface area contributed by atoms with Crippen molar-refractivity contribution in [2.75, 3.05) is 30.8 Å². The second-order valence-electron chi connectivity index (χ2n) is 10.2. The van der Waals surface area contributed by atoms with Crippen LogP contribution < -0.4 is 19.9 Å². The number of ether oxygens (including phenoxy) is 1. The summed E-state index contributed by atoms with van der Waals surface area (Å²) in [6, 6.07) is 22.8. The van der Waals surface area contributed by atoms with Gasteiger partial charge in [-0.2, -0.15) is 4.57 Å². The third kappa shape index (κ3) is 5.93. The summed E-state index contributed by atoms with van der Waals surface area (Å²) in [5.74, 6) is 0.825. The zero-order valence-corrected chi connectivity index (χ0v) is 26.9. The number of nitrogens with zero attached hydrogens (tertiary/aromatic N) is 4. The molecule has 0 amide bonds. The molecular formula is C35H35N6OS2+. The highest BCUT2D eigenvalue weighted by atomic mass is 32.1. The lowest BCUT2D eigenvalue weighted by Crippen LogP contribution is -2.32. The topological polar surface area (TPSA) is 75.8 Å². The molecule has 7 nitrogen and oxygen atoms in total. The van der Waals surface area contributed by atoms with Crippen LogP contribution in [0.5, 0.6) is 5.75 Å². The van der Waals surface area contributed by atoms with E-state index in [-0.39, 0.29) is 0 Å². The molecule has 2 aromatic carbocycles. The van der Waals surface area contributed by atoms with Gasteiger partial charge in [0.2, 0.25) is 0 Å². The van der Waals surface area contributed by atoms with E-state index in [1.807, 2.05) is 42.9 Å². The highest BCUT2D eigenvalue weighted by Crippen LogP contribution is 2.39. The molecule has 0 spiro atoms. The van der Waals surface area contributed by atoms with Crippen LogP contribution in [0.2, 0.25) is 0 Å². The number of methoxy groups -OCH3 is 1. The fourth-order valence-electron chi connectivity index (χ4n) is 5.19. The first kappa shape index (κ1) is 29.5. The van der Waals surface area contributed by atoms with Crippen molar-refractivity contribution < 1.29 is 9.30 Å². The molecule has 0 bridgehead atoms. The summed E-state index contributed by atoms with van der Waals surface area (Å²) < 4.78 is 7.66. The summed E-state index contributed by atoms with van der Waals surface area (Å²) in [6.07, 6.45) is 8.90. The maximum atomic E-state index is 5.38. The highest BCUT2D eigenvalue weighted by Gasteiger charge is 2.24. The van der Waals surface area contributed by atoms with Crippen LogP contribution in [0.25, 0.3) is 49.1 Å². The monoisotopic (exact) mass is 619 g/mol. The van der Waals surface area contributed by atoms with E-state index in [1.165, 1.54) is 0 Å². The third-order valence-corrected chi connectivity index (χ3v) is 9.43. The second-order valence-corrected chi connectivity index (χ2v) is 12.3. The SMILES string of the molecule is CCCNc1sc(-c2cccnc2-c2ccc(OC)cc2)c[n+]1-c1cccc(-c2ncccc2-c2cnc(NCC)s2)c1C. The molecule has 0 fully saturated rings. The molecule has 6 aromatic rings. The molecule has 0 aliphatic heterocycles. The van der Waals surface area contributed by atoms with E-state index in [9.17, 15) is 0 Å². The smallest absolute Gasteiger partial charge is 0.339 e. The number of nitrogens with one attached hydrogen (secondary N) is 2. The van der Waals surface area contributed by atoms with Crippen LogP contribution in [0.4, 0.5) is 10.3 Å². The third-order valence-electron chi connectivity index (χ3n) is 7.36. The quantitative estimate of drug-likeness (QED) is 0.142. The molecule has 0 unspecified atom stereocenters. The molecule has 0 saturated heterocycles. The number of aromatic nitrogens is 4. The molecule has 222 valence electrons. The lowest BCUT2D eigenvalue weighted by Gasteiger charge is -2.12. The first-order valence-corrected chi connectivity index (χ1v) is 16.4. The first-order chi connectivity index (χ1) is 21.6. The Morgan fingerprint density at radius 1 is 0.773 bits per heavy atom. The van der Waals surface area contributed by atoms with Crippen molar-refractivity contribution in [3.63, 3.8) is 0 Å². The van der Waals surface area contributed by atoms with E-state index in [0.29, 0.717) is 0 Å². The highest BCUT2D eigenvalue weighted by molar-refractivity contribution is 7.19. The van der Waals surface area contributed by atoms with Gasteiger partial charge in [0.1, 0.15) is 17.6 Å². The van der Waals surface area contributed by atoms with Gasteiger partial charge < -0.3 is 10.1 Å². The average molecular weight is 620 g/mol. The van der Waals surface area contributed by atoms with Gasteiger partial charge in [-0.3, -0.25) is 15.3 Å². The minimum atomic E-state index is 0.825. The van der Waals surface area contributed by atoms with Crippen LogP contribution in [0.3, 0.4) is 0 Å². The van der Waals surface area contributed by atoms with E-state index in [0.717, 1.165) is 90.2 Å². The van der Waals surface area contributed by atoms with Crippen LogP contribution in [-0.4, -0.2) is 35.2 Å². The zero-order chi connectivity index (χ0) is 30.5. The summed E-state index contributed by atoms with van der Waals surface area (Å²) >= 11 is 3.39. The Bertz CT molecular complexity index is 1880. The summed E-state index contributed by atoms with van der Waals surface area (Å²) in [7, 11) is 1.68. The molecule has 0 aliphatic carbocycles. The predicted octanol–water partition coefficient (Wildman–Crippen LogP) is 8.51. The number of hydrogen-bond acceptors (Lipinski definition) is 8. The molecule has 0 aliphatic rings. The van der Waals surface area contributed by atoms with Gasteiger partial charge in [0.15, 0.2) is 5.13 Å². The Hall–Kier alpha value is -4.60. The van der Waals surface area contributed by atoms with Gasteiger partial charge in [-0.1, -0.05) is 30.4 Å². The van der Waals surface area contributed by atoms with Crippen molar-refractivity contribution in [2.45, 2.75) is 27.2 Å². The van der Waals surface area contributed by atoms with Crippen molar-refractivity contribution in [1.29, 1.82) is 0 Å². The molecule has 0 atom stereocenters. The molecule has 0 saturated carbocycles. The number of anilines is 2. The number of hydrogen-bond donors (Lipinski definition) is 2. The van der Waals surface area contributed by atoms with Crippen LogP contribution in [0.15, 0.2) is 91.5 Å². The first-order valence-electron chi connectivity index (χ1n) is 14.8. The van der Waals surface area contributed by atoms with Gasteiger partial charge in [0.05, 0.1) is 34.8 Å². The summed E-state index contributed by atoms with van der Waals surface area (Å²) in [5, 5.41) is 9.00. The van der Waals surface area contributed by atoms with E-state index in [2.05, 4.69) is 89.6 Å². The number of thiazole rings is 2. The maximum Gasteiger partial charge on any atom is 0.339 e. The standard InChI is InChI=1S/C35H34N6OS2/c1-5-18-39-35-41(22-31(44-35)28-12-9-19-37-32(28)24-14-16-25(42-4)17-15-24)29-13-7-10-26(23(29)3)33-27(11-8-20-38-33)30-21-40-34(43-30)36-6-2/h7-17,19-22H,5-6,18H2,1-4H3,(H,36,40)/p+1. The molecule has 6 rings (SSSR count). The summed E-state index contributed by atoms with van der Waals surface area (Å²) in [4.78, 5) is 16.5. The van der Waals surface area contributed by atoms with Crippen LogP contribution in [0, 0.1) is 6.92 Å². The Morgan fingerprint density at radius 2 is 1.50 bits per heavy atom. The normalized spacial score (nSPS) is 11.0. The average Bonchev–Trinajstić information content (AvgIpc) is 3.72. The fourth-order valence-corrected chi connectivity index (χ4v) is 7.16. The fraction of sp³-hybridized carbons (Fsp3) is 0.200. The predicted molar refractivity (Wildman–Crippen MR) is 183 cm³/mol. The molecule has 0 radical (unpaired) electrons. The van der Waals surface area contributed by atoms with Gasteiger partial charge in [-0.25, -0.2) is 4.98 Å². The van der Waals surface area contributed by atoms with Crippen molar-refractivity contribution in [3.8, 4) is 54.8 Å². The molecule has 2 N–H and O–H groups in total. The Balaban J connectivity index is 1.45. The van der Waals surface area contributed by atoms with Gasteiger partial charge in [-0.15, -0.1) is 0 Å². The lowest BCUT2D eigenvalue weighted by molar-refractivity contribution is -0.575. The molecule has 4 aromatic heterocycles. The van der Waals surface area contributed by atoms with Crippen molar-refractivity contribution in [3.05, 3.63) is 97.1 Å². The van der Waals surface area contributed by atoms with Crippen molar-refractivity contribution >= 4 is 32.9 Å². The summed E-state index contributed by atoms with van der Waals surface area (Å²) in [5.41, 5.74) is 8.45. The Kier molecular flexibility index (Phi) is 8.95. The molecule has 9 heteroatoms. The number of rotatable bonds is 11. The zero-order valence-electron chi connectivity index (χ0n) is 25.3. The summed E-state index contributed by atoms with van der Waals surface area (Å²) in [6.45, 7) is 8.16. The van der Waals surface area contributed by atoms with E-state index < -0.39 is 0 Å². The van der Waals surface area contributed by atoms with E-state index in [4.69, 9.17) is 14.7 Å². The maximum absolute atomic E-state index is 5.38. The number of benzene rings is 2. The van der Waals surface area contributed by atoms with Crippen LogP contribution in [0.1, 0.15) is 25.8 Å². The van der Waals surface area contributed by atoms with E-state index >= 15 is 0 Å². The largest absolute Gasteiger partial charge is 0.497 e. The van der Waals surface area contributed by atoms with Crippen molar-refractivity contribution in [2.24, 2.45) is 0 Å². The number of pyridine rings is 2. The van der Waals surface area contributed by atoms with Gasteiger partial charge >= 0.3 is 5.13 Å². The Morgan fingerprint density at radius 3 is 2.23 bits per heavy atom. The second kappa shape index (κ2) is 13.4. The van der Waals surface area contributed by atoms with Gasteiger partial charge in [-0.05, 0) is 86.2 Å². The molecule has 44 heavy (non-hydrogen) atoms. The Labute approximate surface area is 266 Å². The van der Waals surface area contributed by atoms with Crippen LogP contribution in [-0.2, 0) is 0 Å². The lowest BCUT2D eigenvalue weighted by atomic mass is 9.99. The minimum Gasteiger partial charge on any atom is -0.497 e.